The SMILES string of the molecule is Cc1cc(NCc2ccc(S(=O)(=O)N3CCOCC3)cc2)c2ccc(F)c(F)c2n1. The van der Waals surface area contributed by atoms with Gasteiger partial charge in [-0.15, -0.1) is 0 Å². The number of ether oxygens (including phenoxy) is 1. The van der Waals surface area contributed by atoms with E-state index in [9.17, 15) is 17.2 Å². The lowest BCUT2D eigenvalue weighted by Crippen LogP contribution is -2.40. The monoisotopic (exact) mass is 433 g/mol. The largest absolute Gasteiger partial charge is 0.380 e. The third-order valence-electron chi connectivity index (χ3n) is 5.01. The van der Waals surface area contributed by atoms with Gasteiger partial charge in [0.05, 0.1) is 18.1 Å². The summed E-state index contributed by atoms with van der Waals surface area (Å²) < 4.78 is 59.7. The van der Waals surface area contributed by atoms with Gasteiger partial charge in [0.1, 0.15) is 5.52 Å². The fourth-order valence-corrected chi connectivity index (χ4v) is 4.83. The molecule has 1 saturated heterocycles. The van der Waals surface area contributed by atoms with Crippen molar-refractivity contribution in [1.82, 2.24) is 9.29 Å². The third-order valence-corrected chi connectivity index (χ3v) is 6.93. The summed E-state index contributed by atoms with van der Waals surface area (Å²) in [5.41, 5.74) is 2.01. The lowest BCUT2D eigenvalue weighted by atomic mass is 10.1. The number of hydrogen-bond donors (Lipinski definition) is 1. The number of aromatic nitrogens is 1. The number of hydrogen-bond acceptors (Lipinski definition) is 5. The molecule has 158 valence electrons. The molecule has 0 amide bonds. The number of fused-ring (bicyclic) bond motifs is 1. The Balaban J connectivity index is 1.53. The maximum atomic E-state index is 14.1. The summed E-state index contributed by atoms with van der Waals surface area (Å²) in [6.07, 6.45) is 0. The van der Waals surface area contributed by atoms with Crippen molar-refractivity contribution < 1.29 is 21.9 Å². The van der Waals surface area contributed by atoms with Crippen molar-refractivity contribution in [2.24, 2.45) is 0 Å². The zero-order valence-electron chi connectivity index (χ0n) is 16.4. The Labute approximate surface area is 173 Å². The molecule has 1 fully saturated rings. The minimum Gasteiger partial charge on any atom is -0.380 e. The normalized spacial score (nSPS) is 15.4. The van der Waals surface area contributed by atoms with E-state index < -0.39 is 21.7 Å². The summed E-state index contributed by atoms with van der Waals surface area (Å²) in [6.45, 7) is 3.57. The number of nitrogens with zero attached hydrogens (tertiary/aromatic N) is 2. The topological polar surface area (TPSA) is 71.5 Å². The van der Waals surface area contributed by atoms with Crippen molar-refractivity contribution >= 4 is 26.6 Å². The van der Waals surface area contributed by atoms with Gasteiger partial charge < -0.3 is 10.1 Å². The van der Waals surface area contributed by atoms with E-state index in [1.165, 1.54) is 10.4 Å². The van der Waals surface area contributed by atoms with Crippen LogP contribution < -0.4 is 5.32 Å². The first-order chi connectivity index (χ1) is 14.4. The highest BCUT2D eigenvalue weighted by atomic mass is 32.2. The van der Waals surface area contributed by atoms with Gasteiger partial charge in [0.15, 0.2) is 11.6 Å². The first kappa shape index (κ1) is 20.6. The zero-order valence-corrected chi connectivity index (χ0v) is 17.2. The van der Waals surface area contributed by atoms with E-state index in [0.717, 1.165) is 11.6 Å². The molecule has 2 heterocycles. The predicted octanol–water partition coefficient (Wildman–Crippen LogP) is 3.45. The van der Waals surface area contributed by atoms with Gasteiger partial charge in [-0.05, 0) is 42.8 Å². The van der Waals surface area contributed by atoms with Gasteiger partial charge in [-0.3, -0.25) is 0 Å². The first-order valence-electron chi connectivity index (χ1n) is 9.52. The van der Waals surface area contributed by atoms with Gasteiger partial charge in [0.2, 0.25) is 10.0 Å². The molecular formula is C21H21F2N3O3S. The highest BCUT2D eigenvalue weighted by molar-refractivity contribution is 7.89. The van der Waals surface area contributed by atoms with E-state index >= 15 is 0 Å². The number of pyridine rings is 1. The molecule has 0 radical (unpaired) electrons. The number of morpholine rings is 1. The van der Waals surface area contributed by atoms with Gasteiger partial charge in [-0.1, -0.05) is 12.1 Å². The Bertz CT molecular complexity index is 1180. The Hall–Kier alpha value is -2.62. The number of aryl methyl sites for hydroxylation is 1. The van der Waals surface area contributed by atoms with E-state index in [4.69, 9.17) is 4.74 Å². The second kappa shape index (κ2) is 8.25. The van der Waals surface area contributed by atoms with Crippen molar-refractivity contribution in [2.75, 3.05) is 31.6 Å². The molecule has 1 aliphatic heterocycles. The van der Waals surface area contributed by atoms with Crippen LogP contribution in [0.3, 0.4) is 0 Å². The molecule has 4 rings (SSSR count). The van der Waals surface area contributed by atoms with Gasteiger partial charge >= 0.3 is 0 Å². The first-order valence-corrected chi connectivity index (χ1v) is 11.0. The van der Waals surface area contributed by atoms with E-state index in [1.807, 2.05) is 0 Å². The van der Waals surface area contributed by atoms with Crippen LogP contribution in [0.15, 0.2) is 47.4 Å². The summed E-state index contributed by atoms with van der Waals surface area (Å²) in [5.74, 6) is -1.92. The predicted molar refractivity (Wildman–Crippen MR) is 110 cm³/mol. The van der Waals surface area contributed by atoms with Crippen LogP contribution in [-0.4, -0.2) is 44.0 Å². The molecule has 1 aliphatic rings. The molecule has 0 bridgehead atoms. The maximum absolute atomic E-state index is 14.1. The third kappa shape index (κ3) is 4.00. The molecule has 0 spiro atoms. The molecule has 1 N–H and O–H groups in total. The molecule has 0 saturated carbocycles. The molecule has 2 aromatic carbocycles. The highest BCUT2D eigenvalue weighted by Crippen LogP contribution is 2.27. The molecule has 0 unspecified atom stereocenters. The summed E-state index contributed by atoms with van der Waals surface area (Å²) in [7, 11) is -3.54. The number of anilines is 1. The summed E-state index contributed by atoms with van der Waals surface area (Å²) in [5, 5.41) is 3.69. The molecule has 6 nitrogen and oxygen atoms in total. The van der Waals surface area contributed by atoms with Gasteiger partial charge in [-0.2, -0.15) is 4.31 Å². The van der Waals surface area contributed by atoms with Crippen molar-refractivity contribution in [3.8, 4) is 0 Å². The van der Waals surface area contributed by atoms with Gasteiger partial charge in [-0.25, -0.2) is 22.2 Å². The van der Waals surface area contributed by atoms with Crippen LogP contribution in [0.4, 0.5) is 14.5 Å². The van der Waals surface area contributed by atoms with Crippen LogP contribution in [0, 0.1) is 18.6 Å². The summed E-state index contributed by atoms with van der Waals surface area (Å²) in [6, 6.07) is 10.9. The Morgan fingerprint density at radius 3 is 2.50 bits per heavy atom. The lowest BCUT2D eigenvalue weighted by molar-refractivity contribution is 0.0730. The van der Waals surface area contributed by atoms with Crippen molar-refractivity contribution in [3.05, 3.63) is 65.4 Å². The molecule has 9 heteroatoms. The second-order valence-electron chi connectivity index (χ2n) is 7.08. The Kier molecular flexibility index (Phi) is 5.68. The summed E-state index contributed by atoms with van der Waals surface area (Å²) >= 11 is 0. The van der Waals surface area contributed by atoms with E-state index in [0.29, 0.717) is 49.6 Å². The molecule has 3 aromatic rings. The molecular weight excluding hydrogens is 412 g/mol. The quantitative estimate of drug-likeness (QED) is 0.667. The van der Waals surface area contributed by atoms with Crippen LogP contribution in [0.25, 0.3) is 10.9 Å². The van der Waals surface area contributed by atoms with Crippen LogP contribution in [0.1, 0.15) is 11.3 Å². The zero-order chi connectivity index (χ0) is 21.3. The van der Waals surface area contributed by atoms with Gasteiger partial charge in [0.25, 0.3) is 0 Å². The molecule has 0 atom stereocenters. The minimum absolute atomic E-state index is 0.0237. The highest BCUT2D eigenvalue weighted by Gasteiger charge is 2.26. The number of nitrogens with one attached hydrogen (secondary N) is 1. The van der Waals surface area contributed by atoms with Crippen LogP contribution in [0.5, 0.6) is 0 Å². The van der Waals surface area contributed by atoms with E-state index in [1.54, 1.807) is 37.3 Å². The number of benzene rings is 2. The lowest BCUT2D eigenvalue weighted by Gasteiger charge is -2.26. The summed E-state index contributed by atoms with van der Waals surface area (Å²) in [4.78, 5) is 4.33. The van der Waals surface area contributed by atoms with Gasteiger partial charge in [0, 0.05) is 36.4 Å². The smallest absolute Gasteiger partial charge is 0.243 e. The van der Waals surface area contributed by atoms with E-state index in [2.05, 4.69) is 10.3 Å². The number of sulfonamides is 1. The average Bonchev–Trinajstić information content (AvgIpc) is 2.76. The maximum Gasteiger partial charge on any atom is 0.243 e. The van der Waals surface area contributed by atoms with Crippen LogP contribution in [0.2, 0.25) is 0 Å². The van der Waals surface area contributed by atoms with Crippen LogP contribution in [-0.2, 0) is 21.3 Å². The average molecular weight is 433 g/mol. The fourth-order valence-electron chi connectivity index (χ4n) is 3.42. The molecule has 1 aromatic heterocycles. The standard InChI is InChI=1S/C21H21F2N3O3S/c1-14-12-19(17-6-7-18(22)20(23)21(17)25-14)24-13-15-2-4-16(5-3-15)30(27,28)26-8-10-29-11-9-26/h2-7,12H,8-11,13H2,1H3,(H,24,25). The van der Waals surface area contributed by atoms with Crippen LogP contribution >= 0.6 is 0 Å². The molecule has 30 heavy (non-hydrogen) atoms. The molecule has 0 aliphatic carbocycles. The van der Waals surface area contributed by atoms with Crippen molar-refractivity contribution in [3.63, 3.8) is 0 Å². The fraction of sp³-hybridized carbons (Fsp3) is 0.286. The number of halogens is 2. The van der Waals surface area contributed by atoms with Crippen molar-refractivity contribution in [2.45, 2.75) is 18.4 Å². The minimum atomic E-state index is -3.54. The number of rotatable bonds is 5. The van der Waals surface area contributed by atoms with Crippen molar-refractivity contribution in [1.29, 1.82) is 0 Å². The Morgan fingerprint density at radius 2 is 1.80 bits per heavy atom. The second-order valence-corrected chi connectivity index (χ2v) is 9.02. The Morgan fingerprint density at radius 1 is 1.10 bits per heavy atom. The van der Waals surface area contributed by atoms with E-state index in [-0.39, 0.29) is 10.4 Å².